The number of carbonyl (C=O) groups is 1. The highest BCUT2D eigenvalue weighted by Crippen LogP contribution is 2.32. The Kier molecular flexibility index (Phi) is 6.84. The zero-order chi connectivity index (χ0) is 16.8. The smallest absolute Gasteiger partial charge is 0.339 e. The molecule has 1 aromatic carbocycles. The molecule has 6 heteroatoms. The molecule has 0 saturated carbocycles. The zero-order valence-corrected chi connectivity index (χ0v) is 12.8. The lowest BCUT2D eigenvalue weighted by molar-refractivity contribution is -0.140. The summed E-state index contributed by atoms with van der Waals surface area (Å²) in [6, 6.07) is 2.82. The highest BCUT2D eigenvalue weighted by Gasteiger charge is 2.36. The monoisotopic (exact) mass is 319 g/mol. The molecule has 0 aliphatic heterocycles. The van der Waals surface area contributed by atoms with Gasteiger partial charge in [0, 0.05) is 13.1 Å². The third-order valence-corrected chi connectivity index (χ3v) is 3.35. The highest BCUT2D eigenvalue weighted by atomic mass is 19.4. The minimum Gasteiger partial charge on any atom is -0.339 e. The molecule has 1 rings (SSSR count). The Morgan fingerprint density at radius 2 is 1.77 bits per heavy atom. The molecule has 0 saturated heterocycles. The largest absolute Gasteiger partial charge is 0.419 e. The van der Waals surface area contributed by atoms with Crippen LogP contribution in [0.1, 0.15) is 55.5 Å². The van der Waals surface area contributed by atoms with Gasteiger partial charge in [-0.15, -0.1) is 0 Å². The van der Waals surface area contributed by atoms with Crippen LogP contribution in [0.2, 0.25) is 0 Å². The molecule has 0 spiro atoms. The van der Waals surface area contributed by atoms with Crippen LogP contribution in [-0.4, -0.2) is 23.9 Å². The molecular formula is C16H21F4NO. The number of alkyl halides is 3. The van der Waals surface area contributed by atoms with Gasteiger partial charge in [0.05, 0.1) is 11.1 Å². The molecular weight excluding hydrogens is 298 g/mol. The summed E-state index contributed by atoms with van der Waals surface area (Å²) in [5.41, 5.74) is -1.91. The summed E-state index contributed by atoms with van der Waals surface area (Å²) in [7, 11) is 0. The lowest BCUT2D eigenvalue weighted by Crippen LogP contribution is -2.33. The fraction of sp³-hybridized carbons (Fsp3) is 0.562. The Balaban J connectivity index is 3.03. The maximum Gasteiger partial charge on any atom is 0.419 e. The maximum absolute atomic E-state index is 14.0. The van der Waals surface area contributed by atoms with Gasteiger partial charge in [-0.1, -0.05) is 32.8 Å². The molecule has 0 aliphatic rings. The molecule has 0 unspecified atom stereocenters. The average Bonchev–Trinajstić information content (AvgIpc) is 2.45. The van der Waals surface area contributed by atoms with Crippen LogP contribution in [-0.2, 0) is 6.18 Å². The van der Waals surface area contributed by atoms with E-state index in [-0.39, 0.29) is 0 Å². The second kappa shape index (κ2) is 8.15. The number of carbonyl (C=O) groups excluding carboxylic acids is 1. The molecule has 0 atom stereocenters. The van der Waals surface area contributed by atoms with Crippen molar-refractivity contribution in [2.45, 2.75) is 45.7 Å². The summed E-state index contributed by atoms with van der Waals surface area (Å²) >= 11 is 0. The minimum absolute atomic E-state index is 0.401. The van der Waals surface area contributed by atoms with Crippen LogP contribution in [0.25, 0.3) is 0 Å². The van der Waals surface area contributed by atoms with E-state index in [0.717, 1.165) is 31.4 Å². The van der Waals surface area contributed by atoms with E-state index >= 15 is 0 Å². The van der Waals surface area contributed by atoms with Crippen LogP contribution in [0.4, 0.5) is 17.6 Å². The number of benzene rings is 1. The first-order chi connectivity index (χ1) is 10.3. The molecule has 22 heavy (non-hydrogen) atoms. The third-order valence-electron chi connectivity index (χ3n) is 3.35. The Morgan fingerprint density at radius 3 is 2.32 bits per heavy atom. The number of rotatable bonds is 7. The Hall–Kier alpha value is -1.59. The van der Waals surface area contributed by atoms with E-state index in [2.05, 4.69) is 0 Å². The van der Waals surface area contributed by atoms with Gasteiger partial charge >= 0.3 is 6.18 Å². The van der Waals surface area contributed by atoms with E-state index < -0.39 is 29.0 Å². The van der Waals surface area contributed by atoms with Crippen molar-refractivity contribution in [2.24, 2.45) is 0 Å². The van der Waals surface area contributed by atoms with Crippen molar-refractivity contribution in [3.05, 3.63) is 35.1 Å². The molecule has 1 aromatic rings. The number of amides is 1. The first kappa shape index (κ1) is 18.5. The van der Waals surface area contributed by atoms with Crippen LogP contribution in [0.3, 0.4) is 0 Å². The lowest BCUT2D eigenvalue weighted by Gasteiger charge is -2.23. The maximum atomic E-state index is 14.0. The third kappa shape index (κ3) is 4.71. The fourth-order valence-corrected chi connectivity index (χ4v) is 2.22. The molecule has 0 radical (unpaired) electrons. The molecule has 0 aromatic heterocycles. The van der Waals surface area contributed by atoms with Crippen LogP contribution < -0.4 is 0 Å². The first-order valence-electron chi connectivity index (χ1n) is 7.47. The van der Waals surface area contributed by atoms with Crippen LogP contribution in [0, 0.1) is 5.82 Å². The predicted octanol–water partition coefficient (Wildman–Crippen LogP) is 4.89. The van der Waals surface area contributed by atoms with Crippen LogP contribution in [0.15, 0.2) is 18.2 Å². The van der Waals surface area contributed by atoms with E-state index in [9.17, 15) is 22.4 Å². The van der Waals surface area contributed by atoms with Gasteiger partial charge in [-0.05, 0) is 25.0 Å². The number of unbranched alkanes of at least 4 members (excludes halogenated alkanes) is 2. The molecule has 1 amide bonds. The second-order valence-electron chi connectivity index (χ2n) is 5.16. The quantitative estimate of drug-likeness (QED) is 0.518. The van der Waals surface area contributed by atoms with Crippen molar-refractivity contribution in [1.29, 1.82) is 0 Å². The summed E-state index contributed by atoms with van der Waals surface area (Å²) in [4.78, 5) is 13.8. The van der Waals surface area contributed by atoms with Gasteiger partial charge in [0.25, 0.3) is 5.91 Å². The summed E-state index contributed by atoms with van der Waals surface area (Å²) < 4.78 is 52.2. The molecule has 124 valence electrons. The Labute approximate surface area is 128 Å². The SMILES string of the molecule is CCCCCN(CCC)C(=O)c1cccc(C(F)(F)F)c1F. The van der Waals surface area contributed by atoms with Gasteiger partial charge in [0.15, 0.2) is 0 Å². The Morgan fingerprint density at radius 1 is 1.09 bits per heavy atom. The van der Waals surface area contributed by atoms with Gasteiger partial charge in [-0.25, -0.2) is 4.39 Å². The fourth-order valence-electron chi connectivity index (χ4n) is 2.22. The normalized spacial score (nSPS) is 11.5. The van der Waals surface area contributed by atoms with Gasteiger partial charge in [0.1, 0.15) is 5.82 Å². The van der Waals surface area contributed by atoms with E-state index in [1.165, 1.54) is 4.90 Å². The van der Waals surface area contributed by atoms with Gasteiger partial charge in [-0.3, -0.25) is 4.79 Å². The first-order valence-corrected chi connectivity index (χ1v) is 7.47. The number of halogens is 4. The highest BCUT2D eigenvalue weighted by molar-refractivity contribution is 5.94. The van der Waals surface area contributed by atoms with E-state index in [1.54, 1.807) is 0 Å². The van der Waals surface area contributed by atoms with Crippen LogP contribution in [0.5, 0.6) is 0 Å². The average molecular weight is 319 g/mol. The van der Waals surface area contributed by atoms with Crippen molar-refractivity contribution >= 4 is 5.91 Å². The molecule has 0 N–H and O–H groups in total. The second-order valence-corrected chi connectivity index (χ2v) is 5.16. The van der Waals surface area contributed by atoms with E-state index in [4.69, 9.17) is 0 Å². The van der Waals surface area contributed by atoms with Crippen molar-refractivity contribution in [3.63, 3.8) is 0 Å². The minimum atomic E-state index is -4.81. The number of nitrogens with zero attached hydrogens (tertiary/aromatic N) is 1. The predicted molar refractivity (Wildman–Crippen MR) is 77.1 cm³/mol. The molecule has 2 nitrogen and oxygen atoms in total. The van der Waals surface area contributed by atoms with Crippen molar-refractivity contribution in [2.75, 3.05) is 13.1 Å². The Bertz CT molecular complexity index is 499. The van der Waals surface area contributed by atoms with Crippen molar-refractivity contribution in [3.8, 4) is 0 Å². The molecule has 0 fully saturated rings. The standard InChI is InChI=1S/C16H21F4NO/c1-3-5-6-11-21(10-4-2)15(22)12-8-7-9-13(14(12)17)16(18,19)20/h7-9H,3-6,10-11H2,1-2H3. The number of hydrogen-bond acceptors (Lipinski definition) is 1. The zero-order valence-electron chi connectivity index (χ0n) is 12.8. The van der Waals surface area contributed by atoms with E-state index in [0.29, 0.717) is 25.6 Å². The van der Waals surface area contributed by atoms with Gasteiger partial charge in [0.2, 0.25) is 0 Å². The van der Waals surface area contributed by atoms with E-state index in [1.807, 2.05) is 13.8 Å². The molecule has 0 bridgehead atoms. The summed E-state index contributed by atoms with van der Waals surface area (Å²) in [5.74, 6) is -2.17. The van der Waals surface area contributed by atoms with Crippen LogP contribution >= 0.6 is 0 Å². The number of hydrogen-bond donors (Lipinski definition) is 0. The summed E-state index contributed by atoms with van der Waals surface area (Å²) in [6.45, 7) is 4.70. The van der Waals surface area contributed by atoms with Gasteiger partial charge < -0.3 is 4.90 Å². The summed E-state index contributed by atoms with van der Waals surface area (Å²) in [6.07, 6.45) is -1.51. The lowest BCUT2D eigenvalue weighted by atomic mass is 10.1. The molecule has 0 heterocycles. The molecule has 0 aliphatic carbocycles. The van der Waals surface area contributed by atoms with Gasteiger partial charge in [-0.2, -0.15) is 13.2 Å². The topological polar surface area (TPSA) is 20.3 Å². The summed E-state index contributed by atoms with van der Waals surface area (Å²) in [5, 5.41) is 0. The van der Waals surface area contributed by atoms with Crippen molar-refractivity contribution in [1.82, 2.24) is 4.90 Å². The van der Waals surface area contributed by atoms with Crippen molar-refractivity contribution < 1.29 is 22.4 Å².